The second-order valence-corrected chi connectivity index (χ2v) is 7.94. The molecular weight excluding hydrogens is 460 g/mol. The summed E-state index contributed by atoms with van der Waals surface area (Å²) in [5, 5.41) is 0. The van der Waals surface area contributed by atoms with Gasteiger partial charge in [-0.2, -0.15) is 0 Å². The third kappa shape index (κ3) is 3.35. The van der Waals surface area contributed by atoms with Gasteiger partial charge in [-0.25, -0.2) is 0 Å². The molecule has 0 radical (unpaired) electrons. The molecule has 0 spiro atoms. The number of halogens is 2. The van der Waals surface area contributed by atoms with Gasteiger partial charge in [0.15, 0.2) is 0 Å². The number of fused-ring (bicyclic) bond motifs is 1. The minimum Gasteiger partial charge on any atom is -0.312 e. The van der Waals surface area contributed by atoms with Crippen molar-refractivity contribution in [3.8, 4) is 0 Å². The Morgan fingerprint density at radius 2 is 1.81 bits per heavy atom. The fourth-order valence-electron chi connectivity index (χ4n) is 3.04. The van der Waals surface area contributed by atoms with Gasteiger partial charge in [0, 0.05) is 40.4 Å². The zero-order valence-corrected chi connectivity index (χ0v) is 17.9. The van der Waals surface area contributed by atoms with Crippen LogP contribution in [0.2, 0.25) is 0 Å². The van der Waals surface area contributed by atoms with Crippen LogP contribution in [0.25, 0.3) is 5.57 Å². The van der Waals surface area contributed by atoms with Gasteiger partial charge in [-0.3, -0.25) is 9.59 Å². The van der Waals surface area contributed by atoms with Crippen molar-refractivity contribution in [1.29, 1.82) is 0 Å². The summed E-state index contributed by atoms with van der Waals surface area (Å²) in [4.78, 5) is 28.6. The molecule has 1 aliphatic heterocycles. The van der Waals surface area contributed by atoms with Gasteiger partial charge in [-0.15, -0.1) is 0 Å². The van der Waals surface area contributed by atoms with Crippen LogP contribution in [-0.4, -0.2) is 25.9 Å². The Kier molecular flexibility index (Phi) is 5.34. The zero-order valence-electron chi connectivity index (χ0n) is 14.7. The van der Waals surface area contributed by atoms with Crippen LogP contribution in [0, 0.1) is 0 Å². The molecule has 6 heteroatoms. The summed E-state index contributed by atoms with van der Waals surface area (Å²) < 4.78 is 1.80. The number of benzene rings is 2. The van der Waals surface area contributed by atoms with Crippen molar-refractivity contribution in [3.63, 3.8) is 0 Å². The number of carbonyl (C=O) groups is 2. The molecule has 0 atom stereocenters. The number of carbonyl (C=O) groups excluding carboxylic acids is 2. The fourth-order valence-corrected chi connectivity index (χ4v) is 3.74. The smallest absolute Gasteiger partial charge is 0.258 e. The molecule has 1 heterocycles. The van der Waals surface area contributed by atoms with E-state index >= 15 is 0 Å². The fraction of sp³-hybridized carbons (Fsp3) is 0.200. The van der Waals surface area contributed by atoms with E-state index in [-0.39, 0.29) is 11.8 Å². The lowest BCUT2D eigenvalue weighted by Gasteiger charge is -2.19. The average Bonchev–Trinajstić information content (AvgIpc) is 2.85. The van der Waals surface area contributed by atoms with E-state index in [9.17, 15) is 9.59 Å². The predicted molar refractivity (Wildman–Crippen MR) is 112 cm³/mol. The molecule has 2 aromatic carbocycles. The van der Waals surface area contributed by atoms with E-state index in [2.05, 4.69) is 31.9 Å². The Morgan fingerprint density at radius 1 is 1.15 bits per heavy atom. The number of likely N-dealkylation sites (N-methyl/N-ethyl adjacent to an activating group) is 2. The topological polar surface area (TPSA) is 40.6 Å². The number of nitrogens with zero attached hydrogens (tertiary/aromatic N) is 2. The highest BCUT2D eigenvalue weighted by Gasteiger charge is 2.31. The maximum Gasteiger partial charge on any atom is 0.258 e. The van der Waals surface area contributed by atoms with Crippen LogP contribution in [-0.2, 0) is 16.0 Å². The van der Waals surface area contributed by atoms with Crippen LogP contribution >= 0.6 is 31.9 Å². The van der Waals surface area contributed by atoms with Crippen molar-refractivity contribution in [2.24, 2.45) is 0 Å². The largest absolute Gasteiger partial charge is 0.312 e. The first-order valence-corrected chi connectivity index (χ1v) is 9.78. The molecule has 0 saturated heterocycles. The second kappa shape index (κ2) is 7.37. The van der Waals surface area contributed by atoms with E-state index in [1.54, 1.807) is 23.9 Å². The number of hydrogen-bond acceptors (Lipinski definition) is 2. The summed E-state index contributed by atoms with van der Waals surface area (Å²) in [6.45, 7) is 2.05. The summed E-state index contributed by atoms with van der Waals surface area (Å²) in [5.74, 6) is -0.407. The zero-order chi connectivity index (χ0) is 19.0. The lowest BCUT2D eigenvalue weighted by Crippen LogP contribution is -2.27. The highest BCUT2D eigenvalue weighted by Crippen LogP contribution is 2.37. The van der Waals surface area contributed by atoms with E-state index in [4.69, 9.17) is 0 Å². The quantitative estimate of drug-likeness (QED) is 0.596. The third-order valence-electron chi connectivity index (χ3n) is 4.53. The highest BCUT2D eigenvalue weighted by molar-refractivity contribution is 9.10. The highest BCUT2D eigenvalue weighted by atomic mass is 79.9. The molecule has 0 aliphatic carbocycles. The molecule has 0 aromatic heterocycles. The number of aryl methyl sites for hydroxylation is 1. The monoisotopic (exact) mass is 476 g/mol. The summed E-state index contributed by atoms with van der Waals surface area (Å²) in [6.07, 6.45) is 2.24. The van der Waals surface area contributed by atoms with Crippen LogP contribution in [0.1, 0.15) is 18.1 Å². The van der Waals surface area contributed by atoms with Gasteiger partial charge < -0.3 is 9.80 Å². The molecule has 0 saturated carbocycles. The second-order valence-electron chi connectivity index (χ2n) is 6.11. The standard InChI is InChI=1S/C20H18Br2N2O2/c1-4-12-5-6-13(21)9-17(12)23(2)19(25)11-16-15-8-7-14(22)10-18(15)24(3)20(16)26/h5-11H,4H2,1-3H3/b16-11+. The average molecular weight is 478 g/mol. The van der Waals surface area contributed by atoms with Crippen LogP contribution in [0.3, 0.4) is 0 Å². The van der Waals surface area contributed by atoms with Crippen molar-refractivity contribution in [3.05, 3.63) is 62.5 Å². The van der Waals surface area contributed by atoms with E-state index in [0.29, 0.717) is 5.57 Å². The summed E-state index contributed by atoms with van der Waals surface area (Å²) >= 11 is 6.88. The Bertz CT molecular complexity index is 937. The molecule has 134 valence electrons. The number of anilines is 2. The first-order chi connectivity index (χ1) is 12.3. The van der Waals surface area contributed by atoms with E-state index in [1.807, 2.05) is 43.3 Å². The van der Waals surface area contributed by atoms with Gasteiger partial charge in [0.25, 0.3) is 11.8 Å². The van der Waals surface area contributed by atoms with Gasteiger partial charge in [0.2, 0.25) is 0 Å². The minimum absolute atomic E-state index is 0.176. The molecule has 0 N–H and O–H groups in total. The Balaban J connectivity index is 1.99. The van der Waals surface area contributed by atoms with E-state index in [1.165, 1.54) is 6.08 Å². The van der Waals surface area contributed by atoms with Gasteiger partial charge in [0.05, 0.1) is 11.3 Å². The molecule has 0 unspecified atom stereocenters. The van der Waals surface area contributed by atoms with Crippen LogP contribution in [0.15, 0.2) is 51.4 Å². The summed E-state index contributed by atoms with van der Waals surface area (Å²) in [7, 11) is 3.44. The van der Waals surface area contributed by atoms with Crippen LogP contribution < -0.4 is 9.80 Å². The van der Waals surface area contributed by atoms with Crippen molar-refractivity contribution in [2.75, 3.05) is 23.9 Å². The molecule has 0 fully saturated rings. The number of amides is 2. The van der Waals surface area contributed by atoms with Crippen LogP contribution in [0.4, 0.5) is 11.4 Å². The predicted octanol–water partition coefficient (Wildman–Crippen LogP) is 4.80. The first kappa shape index (κ1) is 18.9. The number of rotatable bonds is 3. The van der Waals surface area contributed by atoms with Gasteiger partial charge in [0.1, 0.15) is 0 Å². The number of hydrogen-bond donors (Lipinski definition) is 0. The molecule has 2 aromatic rings. The molecule has 0 bridgehead atoms. The summed E-state index contributed by atoms with van der Waals surface area (Å²) in [5.41, 5.74) is 3.88. The lowest BCUT2D eigenvalue weighted by atomic mass is 10.1. The van der Waals surface area contributed by atoms with E-state index < -0.39 is 0 Å². The lowest BCUT2D eigenvalue weighted by molar-refractivity contribution is -0.115. The van der Waals surface area contributed by atoms with Crippen molar-refractivity contribution in [2.45, 2.75) is 13.3 Å². The van der Waals surface area contributed by atoms with E-state index in [0.717, 1.165) is 37.9 Å². The van der Waals surface area contributed by atoms with Crippen molar-refractivity contribution in [1.82, 2.24) is 0 Å². The first-order valence-electron chi connectivity index (χ1n) is 8.19. The normalized spacial score (nSPS) is 14.7. The molecule has 3 rings (SSSR count). The van der Waals surface area contributed by atoms with Crippen LogP contribution in [0.5, 0.6) is 0 Å². The Morgan fingerprint density at radius 3 is 2.50 bits per heavy atom. The third-order valence-corrected chi connectivity index (χ3v) is 5.52. The minimum atomic E-state index is -0.231. The molecule has 1 aliphatic rings. The van der Waals surface area contributed by atoms with Gasteiger partial charge >= 0.3 is 0 Å². The molecule has 26 heavy (non-hydrogen) atoms. The molecule has 2 amide bonds. The van der Waals surface area contributed by atoms with Crippen molar-refractivity contribution >= 4 is 60.6 Å². The van der Waals surface area contributed by atoms with Crippen molar-refractivity contribution < 1.29 is 9.59 Å². The Labute approximate surface area is 169 Å². The Hall–Kier alpha value is -1.92. The van der Waals surface area contributed by atoms with Gasteiger partial charge in [-0.1, -0.05) is 50.9 Å². The SMILES string of the molecule is CCc1ccc(Br)cc1N(C)C(=O)/C=C1/C(=O)N(C)c2cc(Br)ccc21. The maximum absolute atomic E-state index is 12.9. The molecule has 4 nitrogen and oxygen atoms in total. The van der Waals surface area contributed by atoms with Gasteiger partial charge in [-0.05, 0) is 36.2 Å². The molecular formula is C20H18Br2N2O2. The maximum atomic E-state index is 12.9. The summed E-state index contributed by atoms with van der Waals surface area (Å²) in [6, 6.07) is 11.5.